The average Bonchev–Trinajstić information content (AvgIpc) is 2.83. The third-order valence-corrected chi connectivity index (χ3v) is 6.94. The van der Waals surface area contributed by atoms with Crippen molar-refractivity contribution in [3.63, 3.8) is 0 Å². The minimum Gasteiger partial charge on any atom is -0.462 e. The number of hydrogen-bond donors (Lipinski definition) is 1. The first-order valence-electron chi connectivity index (χ1n) is 9.40. The van der Waals surface area contributed by atoms with Crippen molar-refractivity contribution in [2.24, 2.45) is 35.0 Å². The summed E-state index contributed by atoms with van der Waals surface area (Å²) < 4.78 is 10.5. The molecule has 3 aliphatic rings. The van der Waals surface area contributed by atoms with Gasteiger partial charge in [0.2, 0.25) is 0 Å². The number of alkyl carbamates (subject to hydrolysis) is 1. The molecular weight excluding hydrogens is 322 g/mol. The Morgan fingerprint density at radius 3 is 2.76 bits per heavy atom. The van der Waals surface area contributed by atoms with Gasteiger partial charge in [0.05, 0.1) is 12.5 Å². The van der Waals surface area contributed by atoms with Crippen molar-refractivity contribution in [1.29, 1.82) is 0 Å². The van der Waals surface area contributed by atoms with Crippen LogP contribution in [-0.2, 0) is 19.1 Å². The molecule has 0 radical (unpaired) electrons. The fourth-order valence-electron chi connectivity index (χ4n) is 5.67. The molecule has 2 unspecified atom stereocenters. The number of nitrogens with one attached hydrogen (secondary N) is 1. The van der Waals surface area contributed by atoms with Gasteiger partial charge in [-0.2, -0.15) is 0 Å². The number of rotatable bonds is 3. The topological polar surface area (TPSA) is 81.7 Å². The van der Waals surface area contributed by atoms with Gasteiger partial charge in [-0.1, -0.05) is 13.8 Å². The number of aldehydes is 1. The molecule has 140 valence electrons. The predicted molar refractivity (Wildman–Crippen MR) is 90.6 cm³/mol. The van der Waals surface area contributed by atoms with Gasteiger partial charge >= 0.3 is 12.1 Å². The molecule has 0 aromatic carbocycles. The number of amides is 1. The Labute approximate surface area is 149 Å². The molecular formula is C19H29NO5. The lowest BCUT2D eigenvalue weighted by Gasteiger charge is -2.55. The monoisotopic (exact) mass is 351 g/mol. The highest BCUT2D eigenvalue weighted by Gasteiger charge is 2.59. The first-order valence-corrected chi connectivity index (χ1v) is 9.40. The summed E-state index contributed by atoms with van der Waals surface area (Å²) in [5, 5.41) is 2.99. The summed E-state index contributed by atoms with van der Waals surface area (Å²) in [4.78, 5) is 36.1. The van der Waals surface area contributed by atoms with E-state index < -0.39 is 6.09 Å². The van der Waals surface area contributed by atoms with E-state index in [1.807, 2.05) is 6.92 Å². The summed E-state index contributed by atoms with van der Waals surface area (Å²) in [7, 11) is 0. The second kappa shape index (κ2) is 6.61. The van der Waals surface area contributed by atoms with E-state index in [1.54, 1.807) is 6.92 Å². The molecule has 3 fully saturated rings. The number of carbonyl (C=O) groups excluding carboxylic acids is 3. The van der Waals surface area contributed by atoms with E-state index in [1.165, 1.54) is 0 Å². The molecule has 0 aromatic heterocycles. The lowest BCUT2D eigenvalue weighted by molar-refractivity contribution is -0.145. The van der Waals surface area contributed by atoms with Crippen LogP contribution in [0.15, 0.2) is 0 Å². The van der Waals surface area contributed by atoms with Gasteiger partial charge in [-0.05, 0) is 50.4 Å². The van der Waals surface area contributed by atoms with E-state index in [2.05, 4.69) is 19.2 Å². The van der Waals surface area contributed by atoms with Gasteiger partial charge in [0, 0.05) is 17.9 Å². The van der Waals surface area contributed by atoms with Crippen molar-refractivity contribution in [3.05, 3.63) is 0 Å². The molecule has 1 N–H and O–H groups in total. The van der Waals surface area contributed by atoms with Crippen molar-refractivity contribution in [2.45, 2.75) is 59.1 Å². The third kappa shape index (κ3) is 2.93. The van der Waals surface area contributed by atoms with Crippen molar-refractivity contribution in [2.75, 3.05) is 6.61 Å². The van der Waals surface area contributed by atoms with Gasteiger partial charge in [0.25, 0.3) is 0 Å². The molecule has 1 saturated heterocycles. The van der Waals surface area contributed by atoms with Crippen LogP contribution in [0.25, 0.3) is 0 Å². The maximum Gasteiger partial charge on any atom is 0.407 e. The molecule has 2 aliphatic carbocycles. The van der Waals surface area contributed by atoms with Crippen molar-refractivity contribution >= 4 is 18.3 Å². The van der Waals surface area contributed by atoms with E-state index in [0.717, 1.165) is 25.5 Å². The van der Waals surface area contributed by atoms with Crippen LogP contribution in [0.5, 0.6) is 0 Å². The van der Waals surface area contributed by atoms with Crippen LogP contribution in [0, 0.1) is 35.0 Å². The number of carbonyl (C=O) groups is 3. The molecule has 25 heavy (non-hydrogen) atoms. The molecule has 3 rings (SSSR count). The highest BCUT2D eigenvalue weighted by Crippen LogP contribution is 2.57. The first-order chi connectivity index (χ1) is 11.8. The minimum atomic E-state index is -0.395. The zero-order chi connectivity index (χ0) is 18.4. The molecule has 0 spiro atoms. The number of hydrogen-bond acceptors (Lipinski definition) is 5. The number of fused-ring (bicyclic) bond motifs is 2. The van der Waals surface area contributed by atoms with Crippen LogP contribution < -0.4 is 5.32 Å². The number of cyclic esters (lactones) is 1. The molecule has 1 heterocycles. The lowest BCUT2D eigenvalue weighted by Crippen LogP contribution is -2.58. The normalized spacial score (nSPS) is 41.9. The number of ether oxygens (including phenoxy) is 2. The van der Waals surface area contributed by atoms with E-state index in [4.69, 9.17) is 9.47 Å². The van der Waals surface area contributed by atoms with Gasteiger partial charge in [-0.15, -0.1) is 0 Å². The van der Waals surface area contributed by atoms with Crippen LogP contribution in [0.1, 0.15) is 47.0 Å². The van der Waals surface area contributed by atoms with Crippen LogP contribution in [-0.4, -0.2) is 37.1 Å². The highest BCUT2D eigenvalue weighted by atomic mass is 16.6. The summed E-state index contributed by atoms with van der Waals surface area (Å²) in [5.41, 5.74) is -0.214. The first kappa shape index (κ1) is 18.2. The Morgan fingerprint density at radius 2 is 2.12 bits per heavy atom. The summed E-state index contributed by atoms with van der Waals surface area (Å²) >= 11 is 0. The maximum absolute atomic E-state index is 12.3. The quantitative estimate of drug-likeness (QED) is 0.624. The Bertz CT molecular complexity index is 560. The second-order valence-electron chi connectivity index (χ2n) is 8.36. The van der Waals surface area contributed by atoms with Gasteiger partial charge in [-0.3, -0.25) is 4.79 Å². The summed E-state index contributed by atoms with van der Waals surface area (Å²) in [6.07, 6.45) is 2.89. The molecule has 6 heteroatoms. The van der Waals surface area contributed by atoms with Crippen LogP contribution in [0.3, 0.4) is 0 Å². The Morgan fingerprint density at radius 1 is 1.40 bits per heavy atom. The van der Waals surface area contributed by atoms with E-state index in [9.17, 15) is 14.4 Å². The van der Waals surface area contributed by atoms with Gasteiger partial charge in [-0.25, -0.2) is 4.79 Å². The largest absolute Gasteiger partial charge is 0.462 e. The Kier molecular flexibility index (Phi) is 4.82. The molecule has 0 bridgehead atoms. The Balaban J connectivity index is 1.84. The SMILES string of the molecule is CCOC(=O)NC1CCC2[C@H](C=O)[C@@H]3[C@@H](C)OC(=O)[C@@H]3C[C@@H]2C1(C)C. The van der Waals surface area contributed by atoms with Gasteiger partial charge < -0.3 is 19.6 Å². The molecule has 6 nitrogen and oxygen atoms in total. The summed E-state index contributed by atoms with van der Waals surface area (Å²) in [6, 6.07) is -0.0218. The van der Waals surface area contributed by atoms with Gasteiger partial charge in [0.15, 0.2) is 0 Å². The highest BCUT2D eigenvalue weighted by molar-refractivity contribution is 5.77. The molecule has 2 saturated carbocycles. The molecule has 1 aliphatic heterocycles. The van der Waals surface area contributed by atoms with Crippen molar-refractivity contribution < 1.29 is 23.9 Å². The fourth-order valence-corrected chi connectivity index (χ4v) is 5.67. The summed E-state index contributed by atoms with van der Waals surface area (Å²) in [6.45, 7) is 8.29. The maximum atomic E-state index is 12.3. The standard InChI is InChI=1S/C19H29NO5/c1-5-24-18(23)20-15-7-6-11-13(9-21)16-10(2)25-17(22)12(16)8-14(11)19(15,3)4/h9-16H,5-8H2,1-4H3,(H,20,23)/t10-,11?,12-,13+,14+,15?,16-/m1/s1. The number of esters is 1. The zero-order valence-electron chi connectivity index (χ0n) is 15.5. The fraction of sp³-hybridized carbons (Fsp3) is 0.842. The Hall–Kier alpha value is -1.59. The van der Waals surface area contributed by atoms with Crippen LogP contribution in [0.4, 0.5) is 4.79 Å². The van der Waals surface area contributed by atoms with E-state index in [-0.39, 0.29) is 53.1 Å². The van der Waals surface area contributed by atoms with Crippen LogP contribution >= 0.6 is 0 Å². The minimum absolute atomic E-state index is 0.00313. The van der Waals surface area contributed by atoms with Crippen molar-refractivity contribution in [1.82, 2.24) is 5.32 Å². The second-order valence-corrected chi connectivity index (χ2v) is 8.36. The lowest BCUT2D eigenvalue weighted by atomic mass is 9.50. The van der Waals surface area contributed by atoms with E-state index >= 15 is 0 Å². The van der Waals surface area contributed by atoms with Crippen LogP contribution in [0.2, 0.25) is 0 Å². The molecule has 0 aromatic rings. The predicted octanol–water partition coefficient (Wildman–Crippen LogP) is 2.55. The van der Waals surface area contributed by atoms with Gasteiger partial charge in [0.1, 0.15) is 12.4 Å². The summed E-state index contributed by atoms with van der Waals surface area (Å²) in [5.74, 6) is -0.0794. The van der Waals surface area contributed by atoms with E-state index in [0.29, 0.717) is 6.61 Å². The smallest absolute Gasteiger partial charge is 0.407 e. The zero-order valence-corrected chi connectivity index (χ0v) is 15.5. The molecule has 1 amide bonds. The average molecular weight is 351 g/mol. The third-order valence-electron chi connectivity index (χ3n) is 6.94. The molecule has 7 atom stereocenters. The van der Waals surface area contributed by atoms with Crippen molar-refractivity contribution in [3.8, 4) is 0 Å².